The third-order valence-electron chi connectivity index (χ3n) is 2.56. The maximum absolute atomic E-state index is 12.0. The summed E-state index contributed by atoms with van der Waals surface area (Å²) in [4.78, 5) is 1.60. The Morgan fingerprint density at radius 2 is 1.94 bits per heavy atom. The number of nitrogens with zero attached hydrogens (tertiary/aromatic N) is 1. The number of halogens is 2. The van der Waals surface area contributed by atoms with Crippen molar-refractivity contribution in [2.75, 3.05) is 26.7 Å². The standard InChI is InChI=1S/C13H20F2N2O/c1-17(10-13(14)15)7-2-8-18-12-5-3-11(9-16)4-6-12/h3-6,13H,2,7-10,16H2,1H3. The van der Waals surface area contributed by atoms with Gasteiger partial charge in [-0.15, -0.1) is 0 Å². The Balaban J connectivity index is 2.17. The molecule has 3 nitrogen and oxygen atoms in total. The molecule has 102 valence electrons. The Bertz CT molecular complexity index is 330. The second kappa shape index (κ2) is 8.00. The van der Waals surface area contributed by atoms with Crippen molar-refractivity contribution in [3.05, 3.63) is 29.8 Å². The quantitative estimate of drug-likeness (QED) is 0.726. The minimum absolute atomic E-state index is 0.189. The Morgan fingerprint density at radius 1 is 1.28 bits per heavy atom. The van der Waals surface area contributed by atoms with Gasteiger partial charge >= 0.3 is 0 Å². The number of ether oxygens (including phenoxy) is 1. The van der Waals surface area contributed by atoms with Crippen molar-refractivity contribution < 1.29 is 13.5 Å². The van der Waals surface area contributed by atoms with Gasteiger partial charge in [-0.2, -0.15) is 0 Å². The van der Waals surface area contributed by atoms with E-state index in [0.717, 1.165) is 17.7 Å². The zero-order valence-electron chi connectivity index (χ0n) is 10.6. The molecule has 1 aromatic rings. The van der Waals surface area contributed by atoms with Crippen LogP contribution in [0.5, 0.6) is 5.75 Å². The number of alkyl halides is 2. The molecule has 0 radical (unpaired) electrons. The van der Waals surface area contributed by atoms with Crippen molar-refractivity contribution in [2.45, 2.75) is 19.4 Å². The van der Waals surface area contributed by atoms with Crippen LogP contribution >= 0.6 is 0 Å². The van der Waals surface area contributed by atoms with Gasteiger partial charge in [0.05, 0.1) is 13.2 Å². The zero-order valence-corrected chi connectivity index (χ0v) is 10.6. The van der Waals surface area contributed by atoms with E-state index in [1.165, 1.54) is 0 Å². The van der Waals surface area contributed by atoms with Gasteiger partial charge in [0.2, 0.25) is 0 Å². The fraction of sp³-hybridized carbons (Fsp3) is 0.538. The molecule has 0 aliphatic rings. The number of benzene rings is 1. The van der Waals surface area contributed by atoms with Crippen LogP contribution in [0.2, 0.25) is 0 Å². The number of hydrogen-bond donors (Lipinski definition) is 1. The highest BCUT2D eigenvalue weighted by Crippen LogP contribution is 2.12. The average molecular weight is 258 g/mol. The molecule has 1 aromatic carbocycles. The van der Waals surface area contributed by atoms with Gasteiger partial charge in [0.25, 0.3) is 6.43 Å². The van der Waals surface area contributed by atoms with Gasteiger partial charge in [0.1, 0.15) is 5.75 Å². The Morgan fingerprint density at radius 3 is 2.50 bits per heavy atom. The predicted octanol–water partition coefficient (Wildman–Crippen LogP) is 2.11. The maximum atomic E-state index is 12.0. The monoisotopic (exact) mass is 258 g/mol. The largest absolute Gasteiger partial charge is 0.494 e. The first kappa shape index (κ1) is 14.9. The van der Waals surface area contributed by atoms with Crippen molar-refractivity contribution in [3.63, 3.8) is 0 Å². The van der Waals surface area contributed by atoms with E-state index in [1.54, 1.807) is 11.9 Å². The SMILES string of the molecule is CN(CCCOc1ccc(CN)cc1)CC(F)F. The van der Waals surface area contributed by atoms with Crippen LogP contribution in [0, 0.1) is 0 Å². The van der Waals surface area contributed by atoms with E-state index < -0.39 is 6.43 Å². The summed E-state index contributed by atoms with van der Waals surface area (Å²) in [6, 6.07) is 7.56. The minimum atomic E-state index is -2.28. The van der Waals surface area contributed by atoms with Gasteiger partial charge in [-0.05, 0) is 31.2 Å². The summed E-state index contributed by atoms with van der Waals surface area (Å²) in [6.45, 7) is 1.45. The van der Waals surface area contributed by atoms with Crippen LogP contribution in [0.15, 0.2) is 24.3 Å². The molecule has 0 aliphatic carbocycles. The van der Waals surface area contributed by atoms with Crippen LogP contribution in [0.1, 0.15) is 12.0 Å². The van der Waals surface area contributed by atoms with Crippen molar-refractivity contribution in [2.24, 2.45) is 5.73 Å². The van der Waals surface area contributed by atoms with E-state index >= 15 is 0 Å². The fourth-order valence-corrected chi connectivity index (χ4v) is 1.57. The summed E-state index contributed by atoms with van der Waals surface area (Å²) in [7, 11) is 1.68. The molecule has 0 atom stereocenters. The van der Waals surface area contributed by atoms with Crippen LogP contribution < -0.4 is 10.5 Å². The van der Waals surface area contributed by atoms with E-state index in [2.05, 4.69) is 0 Å². The highest BCUT2D eigenvalue weighted by atomic mass is 19.3. The second-order valence-electron chi connectivity index (χ2n) is 4.20. The number of rotatable bonds is 8. The molecule has 18 heavy (non-hydrogen) atoms. The first-order valence-corrected chi connectivity index (χ1v) is 6.00. The van der Waals surface area contributed by atoms with Crippen LogP contribution in [0.25, 0.3) is 0 Å². The van der Waals surface area contributed by atoms with Crippen molar-refractivity contribution in [1.82, 2.24) is 4.90 Å². The summed E-state index contributed by atoms with van der Waals surface area (Å²) in [5.74, 6) is 0.781. The summed E-state index contributed by atoms with van der Waals surface area (Å²) in [5, 5.41) is 0. The van der Waals surface area contributed by atoms with Crippen LogP contribution in [-0.2, 0) is 6.54 Å². The molecule has 0 amide bonds. The molecular weight excluding hydrogens is 238 g/mol. The lowest BCUT2D eigenvalue weighted by Gasteiger charge is -2.15. The van der Waals surface area contributed by atoms with E-state index in [1.807, 2.05) is 24.3 Å². The second-order valence-corrected chi connectivity index (χ2v) is 4.20. The lowest BCUT2D eigenvalue weighted by atomic mass is 10.2. The van der Waals surface area contributed by atoms with E-state index in [-0.39, 0.29) is 6.54 Å². The molecule has 1 rings (SSSR count). The number of hydrogen-bond acceptors (Lipinski definition) is 3. The molecule has 0 heterocycles. The third kappa shape index (κ3) is 5.93. The Kier molecular flexibility index (Phi) is 6.60. The first-order valence-electron chi connectivity index (χ1n) is 6.00. The normalized spacial score (nSPS) is 11.2. The van der Waals surface area contributed by atoms with Gasteiger partial charge in [0.15, 0.2) is 0 Å². The van der Waals surface area contributed by atoms with Crippen LogP contribution in [0.3, 0.4) is 0 Å². The lowest BCUT2D eigenvalue weighted by Crippen LogP contribution is -2.26. The summed E-state index contributed by atoms with van der Waals surface area (Å²) in [5.41, 5.74) is 6.54. The molecule has 0 aromatic heterocycles. The molecule has 5 heteroatoms. The Hall–Kier alpha value is -1.20. The molecule has 0 aliphatic heterocycles. The first-order chi connectivity index (χ1) is 8.61. The highest BCUT2D eigenvalue weighted by Gasteiger charge is 2.06. The predicted molar refractivity (Wildman–Crippen MR) is 67.9 cm³/mol. The molecule has 0 spiro atoms. The van der Waals surface area contributed by atoms with Gasteiger partial charge < -0.3 is 15.4 Å². The van der Waals surface area contributed by atoms with E-state index in [0.29, 0.717) is 19.7 Å². The van der Waals surface area contributed by atoms with Gasteiger partial charge in [-0.1, -0.05) is 12.1 Å². The van der Waals surface area contributed by atoms with E-state index in [4.69, 9.17) is 10.5 Å². The summed E-state index contributed by atoms with van der Waals surface area (Å²) in [6.07, 6.45) is -1.55. The van der Waals surface area contributed by atoms with Gasteiger partial charge in [0, 0.05) is 13.1 Å². The molecule has 0 fully saturated rings. The number of nitrogens with two attached hydrogens (primary N) is 1. The zero-order chi connectivity index (χ0) is 13.4. The van der Waals surface area contributed by atoms with Gasteiger partial charge in [-0.25, -0.2) is 8.78 Å². The Labute approximate surface area is 107 Å². The molecule has 0 saturated carbocycles. The fourth-order valence-electron chi connectivity index (χ4n) is 1.57. The van der Waals surface area contributed by atoms with Gasteiger partial charge in [-0.3, -0.25) is 0 Å². The van der Waals surface area contributed by atoms with Crippen molar-refractivity contribution in [3.8, 4) is 5.75 Å². The average Bonchev–Trinajstić information content (AvgIpc) is 2.34. The molecule has 2 N–H and O–H groups in total. The van der Waals surface area contributed by atoms with Crippen LogP contribution in [-0.4, -0.2) is 38.1 Å². The molecule has 0 bridgehead atoms. The molecular formula is C13H20F2N2O. The van der Waals surface area contributed by atoms with Crippen molar-refractivity contribution >= 4 is 0 Å². The third-order valence-corrected chi connectivity index (χ3v) is 2.56. The topological polar surface area (TPSA) is 38.5 Å². The maximum Gasteiger partial charge on any atom is 0.251 e. The minimum Gasteiger partial charge on any atom is -0.494 e. The highest BCUT2D eigenvalue weighted by molar-refractivity contribution is 5.26. The summed E-state index contributed by atoms with van der Waals surface area (Å²) >= 11 is 0. The smallest absolute Gasteiger partial charge is 0.251 e. The van der Waals surface area contributed by atoms with Crippen LogP contribution in [0.4, 0.5) is 8.78 Å². The summed E-state index contributed by atoms with van der Waals surface area (Å²) < 4.78 is 29.6. The van der Waals surface area contributed by atoms with Crippen molar-refractivity contribution in [1.29, 1.82) is 0 Å². The lowest BCUT2D eigenvalue weighted by molar-refractivity contribution is 0.0977. The van der Waals surface area contributed by atoms with E-state index in [9.17, 15) is 8.78 Å². The molecule has 0 unspecified atom stereocenters. The molecule has 0 saturated heterocycles.